The van der Waals surface area contributed by atoms with E-state index in [9.17, 15) is 4.79 Å². The summed E-state index contributed by atoms with van der Waals surface area (Å²) in [5.74, 6) is -3.10. The maximum absolute atomic E-state index is 13.6. The van der Waals surface area contributed by atoms with Crippen LogP contribution in [0.1, 0.15) is 68.5 Å². The Balaban J connectivity index is 0.000000531. The van der Waals surface area contributed by atoms with E-state index >= 15 is 0 Å². The highest BCUT2D eigenvalue weighted by Gasteiger charge is 2.30. The number of Topliss-reactive ketones (excluding diaryl/α,β-unsaturated/α-hetero) is 1. The Morgan fingerprint density at radius 1 is 0.974 bits per heavy atom. The average molecular weight is 533 g/mol. The molecule has 206 valence electrons. The van der Waals surface area contributed by atoms with Crippen molar-refractivity contribution in [3.05, 3.63) is 72.3 Å². The Morgan fingerprint density at radius 2 is 1.74 bits per heavy atom. The Bertz CT molecular complexity index is 1280. The van der Waals surface area contributed by atoms with E-state index in [1.165, 1.54) is 36.8 Å². The highest BCUT2D eigenvalue weighted by Crippen LogP contribution is 2.32. The van der Waals surface area contributed by atoms with Crippen LogP contribution in [0.5, 0.6) is 0 Å². The lowest BCUT2D eigenvalue weighted by atomic mass is 9.83. The maximum atomic E-state index is 13.6. The topological polar surface area (TPSA) is 121 Å². The van der Waals surface area contributed by atoms with Gasteiger partial charge < -0.3 is 14.6 Å². The SMILES string of the molecule is O=C(C1CCCCCC1)C(CCN1CC=C(c2cccc3ccoc23)CC1)c1ccccn1.O=C(O)C(=O)O. The summed E-state index contributed by atoms with van der Waals surface area (Å²) in [7, 11) is 0. The van der Waals surface area contributed by atoms with Crippen molar-refractivity contribution in [2.24, 2.45) is 5.92 Å². The molecule has 2 N–H and O–H groups in total. The minimum atomic E-state index is -1.82. The highest BCUT2D eigenvalue weighted by molar-refractivity contribution is 6.27. The smallest absolute Gasteiger partial charge is 0.414 e. The van der Waals surface area contributed by atoms with Crippen LogP contribution in [0, 0.1) is 5.92 Å². The van der Waals surface area contributed by atoms with E-state index in [1.54, 1.807) is 6.26 Å². The van der Waals surface area contributed by atoms with E-state index in [-0.39, 0.29) is 11.8 Å². The molecule has 0 bridgehead atoms. The second-order valence-electron chi connectivity index (χ2n) is 10.2. The van der Waals surface area contributed by atoms with Gasteiger partial charge in [-0.15, -0.1) is 0 Å². The molecule has 0 amide bonds. The number of nitrogens with zero attached hydrogens (tertiary/aromatic N) is 2. The number of carboxylic acids is 2. The number of carbonyl (C=O) groups excluding carboxylic acids is 1. The van der Waals surface area contributed by atoms with Crippen LogP contribution in [-0.4, -0.2) is 57.5 Å². The summed E-state index contributed by atoms with van der Waals surface area (Å²) in [5, 5.41) is 15.9. The lowest BCUT2D eigenvalue weighted by Gasteiger charge is -2.29. The molecule has 0 spiro atoms. The monoisotopic (exact) mass is 532 g/mol. The van der Waals surface area contributed by atoms with Gasteiger partial charge in [-0.2, -0.15) is 0 Å². The Kier molecular flexibility index (Phi) is 10.0. The summed E-state index contributed by atoms with van der Waals surface area (Å²) < 4.78 is 5.75. The summed E-state index contributed by atoms with van der Waals surface area (Å²) in [6.07, 6.45) is 14.8. The number of hydrogen-bond acceptors (Lipinski definition) is 6. The Morgan fingerprint density at radius 3 is 2.38 bits per heavy atom. The standard InChI is InChI=1S/C29H34N2O2.C2H2O4/c32-28(23-8-3-1-2-4-9-23)26(27-12-5-6-17-30-27)15-20-31-18-13-22(14-19-31)25-11-7-10-24-16-21-33-29(24)25;3-1(4)2(5)6/h5-7,10-13,16-17,21,23,26H,1-4,8-9,14-15,18-20H2;(H,3,4)(H,5,6). The van der Waals surface area contributed by atoms with Crippen molar-refractivity contribution < 1.29 is 29.0 Å². The molecule has 0 radical (unpaired) electrons. The van der Waals surface area contributed by atoms with Gasteiger partial charge >= 0.3 is 11.9 Å². The van der Waals surface area contributed by atoms with E-state index in [0.29, 0.717) is 5.78 Å². The molecule has 1 unspecified atom stereocenters. The summed E-state index contributed by atoms with van der Waals surface area (Å²) in [5.41, 5.74) is 4.51. The van der Waals surface area contributed by atoms with Gasteiger partial charge in [0.15, 0.2) is 0 Å². The molecular weight excluding hydrogens is 496 g/mol. The molecule has 1 aliphatic heterocycles. The number of ketones is 1. The number of benzene rings is 1. The lowest BCUT2D eigenvalue weighted by molar-refractivity contribution is -0.159. The summed E-state index contributed by atoms with van der Waals surface area (Å²) in [6, 6.07) is 14.4. The number of carboxylic acid groups (broad SMARTS) is 2. The molecule has 8 nitrogen and oxygen atoms in total. The van der Waals surface area contributed by atoms with Gasteiger partial charge in [-0.3, -0.25) is 14.7 Å². The largest absolute Gasteiger partial charge is 0.473 e. The first-order valence-electron chi connectivity index (χ1n) is 13.7. The predicted molar refractivity (Wildman–Crippen MR) is 148 cm³/mol. The normalized spacial score (nSPS) is 17.4. The Hall–Kier alpha value is -3.78. The van der Waals surface area contributed by atoms with Crippen LogP contribution >= 0.6 is 0 Å². The first kappa shape index (κ1) is 28.2. The number of furan rings is 1. The quantitative estimate of drug-likeness (QED) is 0.290. The lowest BCUT2D eigenvalue weighted by Crippen LogP contribution is -2.32. The van der Waals surface area contributed by atoms with Crippen LogP contribution < -0.4 is 0 Å². The number of pyridine rings is 1. The molecule has 1 atom stereocenters. The fourth-order valence-electron chi connectivity index (χ4n) is 5.58. The van der Waals surface area contributed by atoms with Crippen molar-refractivity contribution in [2.45, 2.75) is 57.3 Å². The number of aliphatic carboxylic acids is 2. The molecule has 39 heavy (non-hydrogen) atoms. The summed E-state index contributed by atoms with van der Waals surface area (Å²) in [6.45, 7) is 2.85. The zero-order chi connectivity index (χ0) is 27.6. The van der Waals surface area contributed by atoms with Gasteiger partial charge in [0.25, 0.3) is 0 Å². The van der Waals surface area contributed by atoms with E-state index in [1.807, 2.05) is 30.5 Å². The van der Waals surface area contributed by atoms with Crippen LogP contribution in [0.15, 0.2) is 65.4 Å². The van der Waals surface area contributed by atoms with Crippen LogP contribution in [0.25, 0.3) is 16.5 Å². The molecular formula is C31H36N2O6. The zero-order valence-electron chi connectivity index (χ0n) is 22.1. The Labute approximate surface area is 228 Å². The molecule has 1 aromatic carbocycles. The van der Waals surface area contributed by atoms with E-state index in [2.05, 4.69) is 34.2 Å². The number of hydrogen-bond donors (Lipinski definition) is 2. The number of carbonyl (C=O) groups is 3. The summed E-state index contributed by atoms with van der Waals surface area (Å²) in [4.78, 5) is 38.8. The van der Waals surface area contributed by atoms with Crippen molar-refractivity contribution in [2.75, 3.05) is 19.6 Å². The maximum Gasteiger partial charge on any atom is 0.414 e. The van der Waals surface area contributed by atoms with Gasteiger partial charge in [0.1, 0.15) is 11.4 Å². The molecule has 5 rings (SSSR count). The number of rotatable bonds is 7. The van der Waals surface area contributed by atoms with Crippen LogP contribution in [-0.2, 0) is 14.4 Å². The average Bonchev–Trinajstić information content (AvgIpc) is 3.28. The molecule has 2 aliphatic rings. The third kappa shape index (κ3) is 7.63. The first-order chi connectivity index (χ1) is 18.9. The molecule has 1 aliphatic carbocycles. The number of fused-ring (bicyclic) bond motifs is 1. The minimum Gasteiger partial charge on any atom is -0.473 e. The van der Waals surface area contributed by atoms with E-state index < -0.39 is 11.9 Å². The van der Waals surface area contributed by atoms with Crippen molar-refractivity contribution in [1.82, 2.24) is 9.88 Å². The van der Waals surface area contributed by atoms with Gasteiger partial charge in [0, 0.05) is 36.2 Å². The highest BCUT2D eigenvalue weighted by atomic mass is 16.4. The molecule has 1 fully saturated rings. The van der Waals surface area contributed by atoms with Gasteiger partial charge in [-0.1, -0.05) is 56.0 Å². The van der Waals surface area contributed by atoms with Gasteiger partial charge in [-0.05, 0) is 56.0 Å². The van der Waals surface area contributed by atoms with Gasteiger partial charge in [0.2, 0.25) is 0 Å². The van der Waals surface area contributed by atoms with Gasteiger partial charge in [0.05, 0.1) is 17.9 Å². The second-order valence-corrected chi connectivity index (χ2v) is 10.2. The van der Waals surface area contributed by atoms with E-state index in [4.69, 9.17) is 24.2 Å². The molecule has 3 aromatic rings. The van der Waals surface area contributed by atoms with E-state index in [0.717, 1.165) is 62.0 Å². The van der Waals surface area contributed by atoms with Crippen LogP contribution in [0.2, 0.25) is 0 Å². The van der Waals surface area contributed by atoms with Crippen molar-refractivity contribution in [3.8, 4) is 0 Å². The van der Waals surface area contributed by atoms with Crippen LogP contribution in [0.4, 0.5) is 0 Å². The fourth-order valence-corrected chi connectivity index (χ4v) is 5.58. The number of aromatic nitrogens is 1. The van der Waals surface area contributed by atoms with Crippen molar-refractivity contribution in [1.29, 1.82) is 0 Å². The molecule has 0 saturated heterocycles. The summed E-state index contributed by atoms with van der Waals surface area (Å²) >= 11 is 0. The number of para-hydroxylation sites is 1. The van der Waals surface area contributed by atoms with Gasteiger partial charge in [-0.25, -0.2) is 9.59 Å². The molecule has 1 saturated carbocycles. The zero-order valence-corrected chi connectivity index (χ0v) is 22.1. The third-order valence-corrected chi connectivity index (χ3v) is 7.68. The second kappa shape index (κ2) is 13.8. The van der Waals surface area contributed by atoms with Crippen molar-refractivity contribution >= 4 is 34.3 Å². The first-order valence-corrected chi connectivity index (χ1v) is 13.7. The third-order valence-electron chi connectivity index (χ3n) is 7.68. The molecule has 8 heteroatoms. The fraction of sp³-hybridized carbons (Fsp3) is 0.419. The van der Waals surface area contributed by atoms with Crippen LogP contribution in [0.3, 0.4) is 0 Å². The molecule has 2 aromatic heterocycles. The minimum absolute atomic E-state index is 0.0865. The van der Waals surface area contributed by atoms with Crippen molar-refractivity contribution in [3.63, 3.8) is 0 Å². The molecule has 3 heterocycles. The predicted octanol–water partition coefficient (Wildman–Crippen LogP) is 5.79.